The van der Waals surface area contributed by atoms with Crippen LogP contribution in [0, 0.1) is 0 Å². The maximum Gasteiger partial charge on any atom is 0.146 e. The van der Waals surface area contributed by atoms with E-state index in [0.717, 1.165) is 24.3 Å². The third-order valence-corrected chi connectivity index (χ3v) is 2.15. The molecule has 1 fully saturated rings. The lowest BCUT2D eigenvalue weighted by Crippen LogP contribution is -2.06. The molecule has 1 aromatic rings. The van der Waals surface area contributed by atoms with Crippen LogP contribution in [0.5, 0.6) is 11.5 Å². The van der Waals surface area contributed by atoms with Crippen molar-refractivity contribution >= 4 is 0 Å². The van der Waals surface area contributed by atoms with Gasteiger partial charge >= 0.3 is 0 Å². The first-order valence-corrected chi connectivity index (χ1v) is 4.73. The first kappa shape index (κ1) is 9.27. The summed E-state index contributed by atoms with van der Waals surface area (Å²) in [5.74, 6) is 1.47. The summed E-state index contributed by atoms with van der Waals surface area (Å²) >= 11 is 0. The van der Waals surface area contributed by atoms with Crippen molar-refractivity contribution in [2.24, 2.45) is 5.73 Å². The van der Waals surface area contributed by atoms with Crippen LogP contribution in [0.4, 0.5) is 0 Å². The standard InChI is InChI=1S/C10H14N2O2/c1-13-8-4-10(14-7-2-3-7)9(5-11)12-6-8/h4,6-7H,2-3,5,11H2,1H3. The van der Waals surface area contributed by atoms with Crippen LogP contribution in [0.25, 0.3) is 0 Å². The number of ether oxygens (including phenoxy) is 2. The number of pyridine rings is 1. The summed E-state index contributed by atoms with van der Waals surface area (Å²) in [5.41, 5.74) is 6.34. The zero-order valence-electron chi connectivity index (χ0n) is 8.19. The van der Waals surface area contributed by atoms with Gasteiger partial charge in [0.25, 0.3) is 0 Å². The van der Waals surface area contributed by atoms with Crippen LogP contribution in [0.1, 0.15) is 18.5 Å². The number of methoxy groups -OCH3 is 1. The molecule has 0 aliphatic heterocycles. The Bertz CT molecular complexity index is 324. The summed E-state index contributed by atoms with van der Waals surface area (Å²) in [4.78, 5) is 4.17. The molecule has 0 spiro atoms. The second-order valence-electron chi connectivity index (χ2n) is 3.34. The van der Waals surface area contributed by atoms with Gasteiger partial charge in [0.15, 0.2) is 0 Å². The van der Waals surface area contributed by atoms with Crippen LogP contribution >= 0.6 is 0 Å². The van der Waals surface area contributed by atoms with E-state index in [4.69, 9.17) is 15.2 Å². The SMILES string of the molecule is COc1cnc(CN)c(OC2CC2)c1. The first-order valence-electron chi connectivity index (χ1n) is 4.73. The predicted octanol–water partition coefficient (Wildman–Crippen LogP) is 1.09. The maximum atomic E-state index is 5.67. The van der Waals surface area contributed by atoms with Crippen molar-refractivity contribution in [1.29, 1.82) is 0 Å². The van der Waals surface area contributed by atoms with Gasteiger partial charge in [-0.05, 0) is 12.8 Å². The number of nitrogens with two attached hydrogens (primary N) is 1. The molecule has 0 unspecified atom stereocenters. The summed E-state index contributed by atoms with van der Waals surface area (Å²) in [5, 5.41) is 0. The summed E-state index contributed by atoms with van der Waals surface area (Å²) in [6.07, 6.45) is 4.26. The topological polar surface area (TPSA) is 57.4 Å². The molecule has 14 heavy (non-hydrogen) atoms. The molecule has 76 valence electrons. The molecule has 2 N–H and O–H groups in total. The largest absolute Gasteiger partial charge is 0.495 e. The van der Waals surface area contributed by atoms with E-state index in [-0.39, 0.29) is 0 Å². The molecule has 0 radical (unpaired) electrons. The van der Waals surface area contributed by atoms with Gasteiger partial charge < -0.3 is 15.2 Å². The number of aromatic nitrogens is 1. The number of rotatable bonds is 4. The fourth-order valence-electron chi connectivity index (χ4n) is 1.19. The molecule has 1 aliphatic carbocycles. The Labute approximate surface area is 83.0 Å². The van der Waals surface area contributed by atoms with Crippen LogP contribution < -0.4 is 15.2 Å². The van der Waals surface area contributed by atoms with E-state index in [1.165, 1.54) is 0 Å². The Hall–Kier alpha value is -1.29. The molecule has 0 aromatic carbocycles. The van der Waals surface area contributed by atoms with Gasteiger partial charge in [0, 0.05) is 12.6 Å². The van der Waals surface area contributed by atoms with Crippen LogP contribution in [-0.2, 0) is 6.54 Å². The van der Waals surface area contributed by atoms with Crippen molar-refractivity contribution in [3.8, 4) is 11.5 Å². The Kier molecular flexibility index (Phi) is 2.54. The van der Waals surface area contributed by atoms with E-state index in [9.17, 15) is 0 Å². The van der Waals surface area contributed by atoms with E-state index < -0.39 is 0 Å². The summed E-state index contributed by atoms with van der Waals surface area (Å²) in [6.45, 7) is 0.395. The fraction of sp³-hybridized carbons (Fsp3) is 0.500. The van der Waals surface area contributed by atoms with Gasteiger partial charge in [-0.3, -0.25) is 4.98 Å². The minimum absolute atomic E-state index is 0.356. The van der Waals surface area contributed by atoms with Crippen molar-refractivity contribution in [3.05, 3.63) is 18.0 Å². The highest BCUT2D eigenvalue weighted by atomic mass is 16.5. The van der Waals surface area contributed by atoms with Gasteiger partial charge in [-0.25, -0.2) is 0 Å². The predicted molar refractivity (Wildman–Crippen MR) is 52.3 cm³/mol. The summed E-state index contributed by atoms with van der Waals surface area (Å²) in [7, 11) is 1.61. The summed E-state index contributed by atoms with van der Waals surface area (Å²) < 4.78 is 10.7. The van der Waals surface area contributed by atoms with Crippen molar-refractivity contribution in [2.75, 3.05) is 7.11 Å². The van der Waals surface area contributed by atoms with Gasteiger partial charge in [0.2, 0.25) is 0 Å². The molecule has 0 bridgehead atoms. The smallest absolute Gasteiger partial charge is 0.146 e. The van der Waals surface area contributed by atoms with Crippen molar-refractivity contribution < 1.29 is 9.47 Å². The first-order chi connectivity index (χ1) is 6.83. The van der Waals surface area contributed by atoms with Gasteiger partial charge in [0.1, 0.15) is 11.5 Å². The van der Waals surface area contributed by atoms with E-state index in [1.807, 2.05) is 6.07 Å². The number of nitrogens with zero attached hydrogens (tertiary/aromatic N) is 1. The van der Waals surface area contributed by atoms with Crippen LogP contribution in [0.3, 0.4) is 0 Å². The van der Waals surface area contributed by atoms with Crippen LogP contribution in [0.15, 0.2) is 12.3 Å². The van der Waals surface area contributed by atoms with Crippen LogP contribution in [-0.4, -0.2) is 18.2 Å². The fourth-order valence-corrected chi connectivity index (χ4v) is 1.19. The average Bonchev–Trinajstić information content (AvgIpc) is 3.01. The van der Waals surface area contributed by atoms with Crippen molar-refractivity contribution in [3.63, 3.8) is 0 Å². The Balaban J connectivity index is 2.21. The second-order valence-corrected chi connectivity index (χ2v) is 3.34. The highest BCUT2D eigenvalue weighted by Crippen LogP contribution is 2.30. The molecule has 0 saturated heterocycles. The molecular formula is C10H14N2O2. The molecule has 0 amide bonds. The zero-order valence-corrected chi connectivity index (χ0v) is 8.19. The van der Waals surface area contributed by atoms with Gasteiger partial charge in [-0.2, -0.15) is 0 Å². The van der Waals surface area contributed by atoms with Crippen molar-refractivity contribution in [1.82, 2.24) is 4.98 Å². The molecule has 4 nitrogen and oxygen atoms in total. The number of hydrogen-bond acceptors (Lipinski definition) is 4. The molecule has 0 atom stereocenters. The van der Waals surface area contributed by atoms with Crippen molar-refractivity contribution in [2.45, 2.75) is 25.5 Å². The van der Waals surface area contributed by atoms with Gasteiger partial charge in [-0.15, -0.1) is 0 Å². The van der Waals surface area contributed by atoms with E-state index in [0.29, 0.717) is 18.4 Å². The Morgan fingerprint density at radius 3 is 2.93 bits per heavy atom. The highest BCUT2D eigenvalue weighted by molar-refractivity contribution is 5.35. The zero-order chi connectivity index (χ0) is 9.97. The molecule has 1 saturated carbocycles. The molecular weight excluding hydrogens is 180 g/mol. The third kappa shape index (κ3) is 1.96. The van der Waals surface area contributed by atoms with E-state index >= 15 is 0 Å². The minimum atomic E-state index is 0.356. The van der Waals surface area contributed by atoms with E-state index in [1.54, 1.807) is 13.3 Å². The average molecular weight is 194 g/mol. The lowest BCUT2D eigenvalue weighted by Gasteiger charge is -2.09. The molecule has 1 aromatic heterocycles. The maximum absolute atomic E-state index is 5.67. The van der Waals surface area contributed by atoms with Crippen LogP contribution in [0.2, 0.25) is 0 Å². The quantitative estimate of drug-likeness (QED) is 0.779. The molecule has 4 heteroatoms. The Morgan fingerprint density at radius 2 is 2.36 bits per heavy atom. The minimum Gasteiger partial charge on any atom is -0.495 e. The normalized spacial score (nSPS) is 15.3. The molecule has 1 heterocycles. The summed E-state index contributed by atoms with van der Waals surface area (Å²) in [6, 6.07) is 1.84. The molecule has 1 aliphatic rings. The lowest BCUT2D eigenvalue weighted by molar-refractivity contribution is 0.295. The van der Waals surface area contributed by atoms with Gasteiger partial charge in [0.05, 0.1) is 25.1 Å². The third-order valence-electron chi connectivity index (χ3n) is 2.15. The van der Waals surface area contributed by atoms with Gasteiger partial charge in [-0.1, -0.05) is 0 Å². The second kappa shape index (κ2) is 3.84. The molecule has 2 rings (SSSR count). The van der Waals surface area contributed by atoms with E-state index in [2.05, 4.69) is 4.98 Å². The lowest BCUT2D eigenvalue weighted by atomic mass is 10.3. The highest BCUT2D eigenvalue weighted by Gasteiger charge is 2.24. The Morgan fingerprint density at radius 1 is 1.57 bits per heavy atom. The number of hydrogen-bond donors (Lipinski definition) is 1. The monoisotopic (exact) mass is 194 g/mol.